The zero-order chi connectivity index (χ0) is 39.2. The first kappa shape index (κ1) is 46.9. The lowest BCUT2D eigenvalue weighted by molar-refractivity contribution is -0.231. The third kappa shape index (κ3) is 13.7. The Balaban J connectivity index is 0.000000510. The van der Waals surface area contributed by atoms with Gasteiger partial charge in [0.15, 0.2) is 6.10 Å². The number of aliphatic carboxylic acids is 1. The van der Waals surface area contributed by atoms with Crippen LogP contribution in [0.15, 0.2) is 0 Å². The van der Waals surface area contributed by atoms with E-state index in [1.807, 2.05) is 0 Å². The number of carbonyl (C=O) groups is 3. The minimum atomic E-state index is -1.78. The number of hydrogen-bond donors (Lipinski definition) is 14. The number of aliphatic hydroxyl groups is 11. The highest BCUT2D eigenvalue weighted by atomic mass is 16.6. The van der Waals surface area contributed by atoms with Gasteiger partial charge in [0.2, 0.25) is 11.8 Å². The smallest absolute Gasteiger partial charge is 0.335 e. The molecule has 0 bridgehead atoms. The minimum absolute atomic E-state index is 0.0170. The van der Waals surface area contributed by atoms with Crippen molar-refractivity contribution in [2.75, 3.05) is 6.61 Å². The molecule has 2 aliphatic rings. The number of aliphatic hydroxyl groups excluding tert-OH is 11. The highest BCUT2D eigenvalue weighted by molar-refractivity contribution is 5.76. The molecule has 0 spiro atoms. The van der Waals surface area contributed by atoms with E-state index in [1.165, 1.54) is 0 Å². The van der Waals surface area contributed by atoms with Crippen molar-refractivity contribution in [3.05, 3.63) is 0 Å². The van der Waals surface area contributed by atoms with Crippen LogP contribution in [0.25, 0.3) is 0 Å². The number of carboxylic acids is 1. The predicted octanol–water partition coefficient (Wildman–Crippen LogP) is -4.64. The Morgan fingerprint density at radius 1 is 0.588 bits per heavy atom. The van der Waals surface area contributed by atoms with Gasteiger partial charge in [-0.1, -0.05) is 27.7 Å². The fourth-order valence-corrected chi connectivity index (χ4v) is 5.79. The molecule has 9 unspecified atom stereocenters. The van der Waals surface area contributed by atoms with Gasteiger partial charge in [0, 0.05) is 12.8 Å². The van der Waals surface area contributed by atoms with Gasteiger partial charge >= 0.3 is 5.97 Å². The normalized spacial score (nSPS) is 33.0. The van der Waals surface area contributed by atoms with Crippen LogP contribution in [0.1, 0.15) is 79.1 Å². The van der Waals surface area contributed by atoms with Gasteiger partial charge < -0.3 is 81.4 Å². The van der Waals surface area contributed by atoms with E-state index in [2.05, 4.69) is 10.6 Å². The Morgan fingerprint density at radius 2 is 0.961 bits per heavy atom. The lowest BCUT2D eigenvalue weighted by Crippen LogP contribution is -2.60. The average Bonchev–Trinajstić information content (AvgIpc) is 3.12. The third-order valence-electron chi connectivity index (χ3n) is 9.26. The van der Waals surface area contributed by atoms with Crippen LogP contribution >= 0.6 is 0 Å². The Kier molecular flexibility index (Phi) is 21.0. The van der Waals surface area contributed by atoms with Gasteiger partial charge in [-0.25, -0.2) is 4.79 Å². The molecule has 19 heteroatoms. The van der Waals surface area contributed by atoms with E-state index in [0.717, 1.165) is 0 Å². The maximum atomic E-state index is 11.7. The lowest BCUT2D eigenvalue weighted by atomic mass is 9.90. The zero-order valence-corrected chi connectivity index (χ0v) is 29.5. The molecule has 2 saturated heterocycles. The second kappa shape index (κ2) is 22.8. The maximum Gasteiger partial charge on any atom is 0.335 e. The van der Waals surface area contributed by atoms with Crippen LogP contribution in [0.2, 0.25) is 0 Å². The Bertz CT molecular complexity index is 1040. The minimum Gasteiger partial charge on any atom is -0.479 e. The number of carbonyl (C=O) groups excluding carboxylic acids is 2. The summed E-state index contributed by atoms with van der Waals surface area (Å²) < 4.78 is 10.6. The van der Waals surface area contributed by atoms with Gasteiger partial charge in [-0.15, -0.1) is 0 Å². The number of ether oxygens (including phenoxy) is 2. The van der Waals surface area contributed by atoms with Crippen molar-refractivity contribution < 1.29 is 85.1 Å². The zero-order valence-electron chi connectivity index (χ0n) is 29.5. The summed E-state index contributed by atoms with van der Waals surface area (Å²) in [4.78, 5) is 34.4. The molecule has 2 heterocycles. The molecule has 0 saturated carbocycles. The van der Waals surface area contributed by atoms with Crippen LogP contribution in [0.5, 0.6) is 0 Å². The molecule has 300 valence electrons. The van der Waals surface area contributed by atoms with Crippen LogP contribution in [0.4, 0.5) is 0 Å². The summed E-state index contributed by atoms with van der Waals surface area (Å²) in [5, 5.41) is 123. The molecule has 19 nitrogen and oxygen atoms in total. The summed E-state index contributed by atoms with van der Waals surface area (Å²) in [7, 11) is 0. The molecule has 2 aliphatic heterocycles. The number of amides is 2. The van der Waals surface area contributed by atoms with Crippen molar-refractivity contribution in [2.24, 2.45) is 0 Å². The summed E-state index contributed by atoms with van der Waals surface area (Å²) in [5.74, 6) is -2.12. The highest BCUT2D eigenvalue weighted by Gasteiger charge is 2.47. The van der Waals surface area contributed by atoms with E-state index in [-0.39, 0.29) is 56.8 Å². The molecular weight excluding hydrogens is 684 g/mol. The van der Waals surface area contributed by atoms with Crippen molar-refractivity contribution >= 4 is 17.8 Å². The number of nitrogens with one attached hydrogen (secondary N) is 2. The summed E-state index contributed by atoms with van der Waals surface area (Å²) >= 11 is 0. The first-order valence-electron chi connectivity index (χ1n) is 17.4. The van der Waals surface area contributed by atoms with E-state index in [1.54, 1.807) is 27.7 Å². The fraction of sp³-hybridized carbons (Fsp3) is 0.906. The molecule has 16 atom stereocenters. The predicted molar refractivity (Wildman–Crippen MR) is 176 cm³/mol. The Morgan fingerprint density at radius 3 is 1.31 bits per heavy atom. The molecule has 2 fully saturated rings. The maximum absolute atomic E-state index is 11.7. The monoisotopic (exact) mass is 744 g/mol. The van der Waals surface area contributed by atoms with E-state index < -0.39 is 110 Å². The number of rotatable bonds is 18. The van der Waals surface area contributed by atoms with Crippen molar-refractivity contribution in [1.29, 1.82) is 0 Å². The number of hydrogen-bond acceptors (Lipinski definition) is 16. The standard InChI is InChI=1S/C16H29NO9.C16H31NO8/c1-3-8(18)11(20)7(17-10(19)4-2)5-6-9-12(21)13(22)14(23)15(26-9)16(24)25;1-3-9(19)13(21)8(17-12(20)4-2)5-6-10-14(22)16(24)15(23)11(7-18)25-10/h7-9,11-15,18,20-23H,3-6H2,1-2H3,(H,17,19)(H,24,25);8-11,13-16,18-19,21-24H,3-7H2,1-2H3,(H,17,20)/t7?,8?,9-,11?,12?,13?,14-,15?;8-,9+,10+,11?,13-,14?,15-,16?/m10/s1. The summed E-state index contributed by atoms with van der Waals surface area (Å²) in [6, 6.07) is -1.60. The van der Waals surface area contributed by atoms with Crippen molar-refractivity contribution in [3.63, 3.8) is 0 Å². The van der Waals surface area contributed by atoms with Crippen LogP contribution in [-0.2, 0) is 23.9 Å². The molecule has 0 aromatic heterocycles. The van der Waals surface area contributed by atoms with Crippen LogP contribution in [-0.4, -0.2) is 183 Å². The van der Waals surface area contributed by atoms with Gasteiger partial charge in [0.25, 0.3) is 0 Å². The van der Waals surface area contributed by atoms with Crippen LogP contribution in [0.3, 0.4) is 0 Å². The molecule has 2 rings (SSSR count). The van der Waals surface area contributed by atoms with Gasteiger partial charge in [-0.05, 0) is 38.5 Å². The SMILES string of the molecule is CCC(=O)NC(CC[C@H]1OC(C(=O)O)[C@H](O)C(O)C1O)C(O)C(O)CC.CCC(=O)N[C@@H](CC[C@H]1OC(CO)[C@H](O)C(O)C1O)[C@H](O)[C@H](O)CC. The average molecular weight is 745 g/mol. The molecule has 0 aliphatic carbocycles. The van der Waals surface area contributed by atoms with E-state index in [9.17, 15) is 70.6 Å². The molecule has 0 aromatic rings. The van der Waals surface area contributed by atoms with E-state index >= 15 is 0 Å². The molecule has 2 amide bonds. The molecule has 0 radical (unpaired) electrons. The summed E-state index contributed by atoms with van der Waals surface area (Å²) in [5.41, 5.74) is 0. The second-order valence-electron chi connectivity index (χ2n) is 12.9. The van der Waals surface area contributed by atoms with E-state index in [4.69, 9.17) is 14.6 Å². The largest absolute Gasteiger partial charge is 0.479 e. The topological polar surface area (TPSA) is 336 Å². The van der Waals surface area contributed by atoms with Gasteiger partial charge in [-0.2, -0.15) is 0 Å². The summed E-state index contributed by atoms with van der Waals surface area (Å²) in [6.45, 7) is 6.12. The summed E-state index contributed by atoms with van der Waals surface area (Å²) in [6.07, 6.45) is -17.2. The van der Waals surface area contributed by atoms with Crippen molar-refractivity contribution in [1.82, 2.24) is 10.6 Å². The fourth-order valence-electron chi connectivity index (χ4n) is 5.79. The Labute approximate surface area is 296 Å². The third-order valence-corrected chi connectivity index (χ3v) is 9.26. The van der Waals surface area contributed by atoms with Gasteiger partial charge in [0.05, 0.1) is 55.3 Å². The van der Waals surface area contributed by atoms with Crippen molar-refractivity contribution in [2.45, 2.75) is 177 Å². The first-order valence-corrected chi connectivity index (χ1v) is 17.4. The molecule has 0 aromatic carbocycles. The molecular formula is C32H60N2O17. The Hall–Kier alpha value is -2.11. The number of carboxylic acid groups (broad SMARTS) is 1. The quantitative estimate of drug-likeness (QED) is 0.0627. The van der Waals surface area contributed by atoms with Crippen molar-refractivity contribution in [3.8, 4) is 0 Å². The second-order valence-corrected chi connectivity index (χ2v) is 12.9. The lowest BCUT2D eigenvalue weighted by Gasteiger charge is -2.40. The molecule has 14 N–H and O–H groups in total. The van der Waals surface area contributed by atoms with E-state index in [0.29, 0.717) is 6.42 Å². The van der Waals surface area contributed by atoms with Crippen LogP contribution in [0, 0.1) is 0 Å². The van der Waals surface area contributed by atoms with Gasteiger partial charge in [0.1, 0.15) is 42.7 Å². The highest BCUT2D eigenvalue weighted by Crippen LogP contribution is 2.27. The molecule has 51 heavy (non-hydrogen) atoms. The van der Waals surface area contributed by atoms with Crippen LogP contribution < -0.4 is 10.6 Å². The first-order chi connectivity index (χ1) is 23.9. The van der Waals surface area contributed by atoms with Gasteiger partial charge in [-0.3, -0.25) is 9.59 Å².